The molecule has 3 aromatic rings. The summed E-state index contributed by atoms with van der Waals surface area (Å²) in [5.74, 6) is 0.730. The fraction of sp³-hybridized carbons (Fsp3) is 0.389. The molecule has 1 N–H and O–H groups in total. The highest BCUT2D eigenvalue weighted by Gasteiger charge is 2.26. The fourth-order valence-corrected chi connectivity index (χ4v) is 4.78. The Kier molecular flexibility index (Phi) is 4.17. The van der Waals surface area contributed by atoms with Gasteiger partial charge in [-0.2, -0.15) is 19.9 Å². The van der Waals surface area contributed by atoms with Crippen molar-refractivity contribution in [3.05, 3.63) is 39.8 Å². The number of carbonyl (C=O) groups is 1. The van der Waals surface area contributed by atoms with Gasteiger partial charge in [0, 0.05) is 10.6 Å². The maximum atomic E-state index is 12.8. The second-order valence-electron chi connectivity index (χ2n) is 6.55. The number of fused-ring (bicyclic) bond motifs is 2. The minimum absolute atomic E-state index is 0.312. The standard InChI is InChI=1S/C18H18N6OS/c1-3-11-4-5-12-13(8-19)17(26-15(12)7-11)23-16(25)14-6-10(2)22-18-20-9-21-24(14)18/h6,9,11H,3-5,7H2,1-2H3,(H,23,25)/t11-/m0/s1. The van der Waals surface area contributed by atoms with Crippen LogP contribution in [0.15, 0.2) is 12.4 Å². The quantitative estimate of drug-likeness (QED) is 0.768. The molecule has 0 fully saturated rings. The normalized spacial score (nSPS) is 16.3. The highest BCUT2D eigenvalue weighted by molar-refractivity contribution is 7.16. The fourth-order valence-electron chi connectivity index (χ4n) is 3.47. The number of hydrogen-bond donors (Lipinski definition) is 1. The first-order valence-corrected chi connectivity index (χ1v) is 9.45. The van der Waals surface area contributed by atoms with Crippen LogP contribution in [0.1, 0.15) is 52.0 Å². The van der Waals surface area contributed by atoms with Crippen molar-refractivity contribution < 1.29 is 4.79 Å². The number of aromatic nitrogens is 4. The van der Waals surface area contributed by atoms with E-state index >= 15 is 0 Å². The lowest BCUT2D eigenvalue weighted by molar-refractivity contribution is 0.102. The molecule has 1 atom stereocenters. The van der Waals surface area contributed by atoms with Crippen molar-refractivity contribution in [3.8, 4) is 6.07 Å². The third-order valence-corrected chi connectivity index (χ3v) is 6.07. The van der Waals surface area contributed by atoms with Gasteiger partial charge >= 0.3 is 0 Å². The summed E-state index contributed by atoms with van der Waals surface area (Å²) in [5, 5.41) is 17.2. The lowest BCUT2D eigenvalue weighted by atomic mass is 9.86. The first kappa shape index (κ1) is 16.7. The molecule has 1 aliphatic rings. The van der Waals surface area contributed by atoms with E-state index in [2.05, 4.69) is 33.4 Å². The Hall–Kier alpha value is -2.79. The molecule has 0 spiro atoms. The maximum absolute atomic E-state index is 12.8. The maximum Gasteiger partial charge on any atom is 0.275 e. The molecule has 1 aliphatic carbocycles. The molecule has 132 valence electrons. The number of rotatable bonds is 3. The molecule has 3 aromatic heterocycles. The Balaban J connectivity index is 1.69. The van der Waals surface area contributed by atoms with Gasteiger partial charge in [-0.15, -0.1) is 11.3 Å². The summed E-state index contributed by atoms with van der Waals surface area (Å²) in [6, 6.07) is 3.96. The number of nitrogens with one attached hydrogen (secondary N) is 1. The van der Waals surface area contributed by atoms with Crippen molar-refractivity contribution in [2.24, 2.45) is 5.92 Å². The molecule has 7 nitrogen and oxygen atoms in total. The van der Waals surface area contributed by atoms with Crippen LogP contribution in [0, 0.1) is 24.2 Å². The Morgan fingerprint density at radius 3 is 3.15 bits per heavy atom. The molecule has 4 rings (SSSR count). The molecule has 0 radical (unpaired) electrons. The smallest absolute Gasteiger partial charge is 0.275 e. The van der Waals surface area contributed by atoms with Crippen LogP contribution in [-0.2, 0) is 12.8 Å². The summed E-state index contributed by atoms with van der Waals surface area (Å²) >= 11 is 1.52. The first-order chi connectivity index (χ1) is 12.6. The molecule has 0 aliphatic heterocycles. The Bertz CT molecular complexity index is 1040. The zero-order chi connectivity index (χ0) is 18.3. The molecular formula is C18H18N6OS. The van der Waals surface area contributed by atoms with Gasteiger partial charge in [0.05, 0.1) is 5.56 Å². The van der Waals surface area contributed by atoms with Crippen molar-refractivity contribution >= 4 is 28.0 Å². The van der Waals surface area contributed by atoms with Crippen LogP contribution in [0.5, 0.6) is 0 Å². The summed E-state index contributed by atoms with van der Waals surface area (Å²) in [5.41, 5.74) is 2.75. The third kappa shape index (κ3) is 2.74. The summed E-state index contributed by atoms with van der Waals surface area (Å²) in [7, 11) is 0. The van der Waals surface area contributed by atoms with Gasteiger partial charge in [0.25, 0.3) is 11.7 Å². The van der Waals surface area contributed by atoms with Gasteiger partial charge in [0.15, 0.2) is 0 Å². The Morgan fingerprint density at radius 1 is 1.54 bits per heavy atom. The molecule has 8 heteroatoms. The number of nitrogens with zero attached hydrogens (tertiary/aromatic N) is 5. The van der Waals surface area contributed by atoms with Gasteiger partial charge in [-0.25, -0.2) is 4.98 Å². The number of nitriles is 1. The predicted molar refractivity (Wildman–Crippen MR) is 98.3 cm³/mol. The number of amides is 1. The number of aryl methyl sites for hydroxylation is 1. The molecule has 3 heterocycles. The number of thiophene rings is 1. The van der Waals surface area contributed by atoms with E-state index in [1.807, 2.05) is 0 Å². The monoisotopic (exact) mass is 366 g/mol. The molecule has 0 saturated heterocycles. The largest absolute Gasteiger partial charge is 0.311 e. The Labute approximate surface area is 154 Å². The van der Waals surface area contributed by atoms with Crippen LogP contribution in [0.4, 0.5) is 5.00 Å². The highest BCUT2D eigenvalue weighted by atomic mass is 32.1. The zero-order valence-corrected chi connectivity index (χ0v) is 15.4. The number of anilines is 1. The second-order valence-corrected chi connectivity index (χ2v) is 7.65. The molecule has 0 aromatic carbocycles. The average molecular weight is 366 g/mol. The van der Waals surface area contributed by atoms with E-state index < -0.39 is 0 Å². The average Bonchev–Trinajstić information content (AvgIpc) is 3.23. The van der Waals surface area contributed by atoms with Gasteiger partial charge < -0.3 is 5.32 Å². The van der Waals surface area contributed by atoms with E-state index in [0.717, 1.165) is 31.2 Å². The topological polar surface area (TPSA) is 96.0 Å². The van der Waals surface area contributed by atoms with Crippen molar-refractivity contribution in [2.75, 3.05) is 5.32 Å². The summed E-state index contributed by atoms with van der Waals surface area (Å²) in [4.78, 5) is 22.4. The summed E-state index contributed by atoms with van der Waals surface area (Å²) < 4.78 is 1.41. The second kappa shape index (κ2) is 6.50. The van der Waals surface area contributed by atoms with E-state index in [9.17, 15) is 10.1 Å². The van der Waals surface area contributed by atoms with Crippen LogP contribution in [-0.4, -0.2) is 25.5 Å². The molecule has 26 heavy (non-hydrogen) atoms. The van der Waals surface area contributed by atoms with Crippen LogP contribution in [0.2, 0.25) is 0 Å². The highest BCUT2D eigenvalue weighted by Crippen LogP contribution is 2.40. The SMILES string of the molecule is CC[C@H]1CCc2c(sc(NC(=O)c3cc(C)nc4ncnn34)c2C#N)C1. The lowest BCUT2D eigenvalue weighted by Gasteiger charge is -2.20. The van der Waals surface area contributed by atoms with E-state index in [0.29, 0.717) is 33.6 Å². The van der Waals surface area contributed by atoms with E-state index in [1.54, 1.807) is 13.0 Å². The molecular weight excluding hydrogens is 348 g/mol. The zero-order valence-electron chi connectivity index (χ0n) is 14.6. The van der Waals surface area contributed by atoms with Crippen LogP contribution < -0.4 is 5.32 Å². The predicted octanol–water partition coefficient (Wildman–Crippen LogP) is 3.13. The molecule has 1 amide bonds. The van der Waals surface area contributed by atoms with Crippen molar-refractivity contribution in [1.29, 1.82) is 5.26 Å². The van der Waals surface area contributed by atoms with Gasteiger partial charge in [-0.1, -0.05) is 13.3 Å². The third-order valence-electron chi connectivity index (χ3n) is 4.90. The number of hydrogen-bond acceptors (Lipinski definition) is 6. The Morgan fingerprint density at radius 2 is 2.38 bits per heavy atom. The first-order valence-electron chi connectivity index (χ1n) is 8.64. The van der Waals surface area contributed by atoms with Crippen molar-refractivity contribution in [3.63, 3.8) is 0 Å². The minimum atomic E-state index is -0.312. The number of carbonyl (C=O) groups excluding carboxylic acids is 1. The van der Waals surface area contributed by atoms with Gasteiger partial charge in [0.2, 0.25) is 0 Å². The van der Waals surface area contributed by atoms with Crippen LogP contribution >= 0.6 is 11.3 Å². The van der Waals surface area contributed by atoms with E-state index in [-0.39, 0.29) is 5.91 Å². The minimum Gasteiger partial charge on any atom is -0.311 e. The molecule has 0 bridgehead atoms. The molecule has 0 saturated carbocycles. The van der Waals surface area contributed by atoms with E-state index in [1.165, 1.54) is 27.1 Å². The van der Waals surface area contributed by atoms with Gasteiger partial charge in [0.1, 0.15) is 23.1 Å². The summed E-state index contributed by atoms with van der Waals surface area (Å²) in [6.07, 6.45) is 5.51. The van der Waals surface area contributed by atoms with Crippen molar-refractivity contribution in [1.82, 2.24) is 19.6 Å². The van der Waals surface area contributed by atoms with Gasteiger partial charge in [-0.05, 0) is 43.7 Å². The van der Waals surface area contributed by atoms with Crippen molar-refractivity contribution in [2.45, 2.75) is 39.5 Å². The summed E-state index contributed by atoms with van der Waals surface area (Å²) in [6.45, 7) is 4.01. The van der Waals surface area contributed by atoms with E-state index in [4.69, 9.17) is 0 Å². The van der Waals surface area contributed by atoms with Crippen LogP contribution in [0.25, 0.3) is 5.78 Å². The lowest BCUT2D eigenvalue weighted by Crippen LogP contribution is -2.17. The van der Waals surface area contributed by atoms with Gasteiger partial charge in [-0.3, -0.25) is 4.79 Å². The van der Waals surface area contributed by atoms with Crippen LogP contribution in [0.3, 0.4) is 0 Å². The molecule has 0 unspecified atom stereocenters.